The quantitative estimate of drug-likeness (QED) is 0.565. The third-order valence-corrected chi connectivity index (χ3v) is 2.36. The van der Waals surface area contributed by atoms with E-state index in [1.807, 2.05) is 0 Å². The first kappa shape index (κ1) is 15.2. The molecule has 0 aromatic heterocycles. The molecule has 2 atom stereocenters. The van der Waals surface area contributed by atoms with Crippen molar-refractivity contribution in [2.24, 2.45) is 0 Å². The predicted molar refractivity (Wildman–Crippen MR) is 61.0 cm³/mol. The van der Waals surface area contributed by atoms with Crippen LogP contribution in [0.5, 0.6) is 0 Å². The molecule has 1 saturated heterocycles. The Morgan fingerprint density at radius 3 is 2.78 bits per heavy atom. The molecule has 0 amide bonds. The monoisotopic (exact) mass is 264 g/mol. The van der Waals surface area contributed by atoms with Gasteiger partial charge in [-0.15, -0.1) is 0 Å². The number of ether oxygens (including phenoxy) is 2. The molecule has 0 spiro atoms. The standard InChI is InChI=1S/C12H18F2O4/c13-12(14,6-3-8-15)7-5-10(16)18-11-4-1-2-9-17-11/h3,5-7,10-11,15-16H,1-2,4,8-9H2/b6-3+,7-5+. The van der Waals surface area contributed by atoms with E-state index in [2.05, 4.69) is 0 Å². The first-order valence-corrected chi connectivity index (χ1v) is 5.84. The molecule has 0 bridgehead atoms. The zero-order valence-corrected chi connectivity index (χ0v) is 9.97. The van der Waals surface area contributed by atoms with Crippen molar-refractivity contribution in [3.8, 4) is 0 Å². The van der Waals surface area contributed by atoms with Crippen LogP contribution in [0.4, 0.5) is 8.78 Å². The van der Waals surface area contributed by atoms with Crippen LogP contribution in [0.2, 0.25) is 0 Å². The molecule has 18 heavy (non-hydrogen) atoms. The Hall–Kier alpha value is -0.820. The lowest BCUT2D eigenvalue weighted by molar-refractivity contribution is -0.224. The molecule has 2 unspecified atom stereocenters. The summed E-state index contributed by atoms with van der Waals surface area (Å²) >= 11 is 0. The Kier molecular flexibility index (Phi) is 6.42. The summed E-state index contributed by atoms with van der Waals surface area (Å²) < 4.78 is 36.4. The maximum atomic E-state index is 13.1. The van der Waals surface area contributed by atoms with Crippen molar-refractivity contribution in [2.75, 3.05) is 13.2 Å². The Morgan fingerprint density at radius 2 is 2.17 bits per heavy atom. The van der Waals surface area contributed by atoms with Gasteiger partial charge in [0.05, 0.1) is 6.61 Å². The van der Waals surface area contributed by atoms with E-state index in [1.165, 1.54) is 0 Å². The lowest BCUT2D eigenvalue weighted by Crippen LogP contribution is -2.27. The summed E-state index contributed by atoms with van der Waals surface area (Å²) in [6, 6.07) is 0. The van der Waals surface area contributed by atoms with E-state index in [0.717, 1.165) is 25.0 Å². The average molecular weight is 264 g/mol. The zero-order chi connectivity index (χ0) is 13.4. The van der Waals surface area contributed by atoms with Gasteiger partial charge in [0.15, 0.2) is 12.6 Å². The number of aliphatic hydroxyl groups is 2. The highest BCUT2D eigenvalue weighted by Crippen LogP contribution is 2.19. The summed E-state index contributed by atoms with van der Waals surface area (Å²) in [6.07, 6.45) is 3.40. The number of alkyl halides is 2. The Bertz CT molecular complexity index is 286. The van der Waals surface area contributed by atoms with E-state index in [-0.39, 0.29) is 0 Å². The lowest BCUT2D eigenvalue weighted by Gasteiger charge is -2.24. The van der Waals surface area contributed by atoms with Crippen LogP contribution in [0.1, 0.15) is 19.3 Å². The lowest BCUT2D eigenvalue weighted by atomic mass is 10.2. The van der Waals surface area contributed by atoms with Crippen LogP contribution in [-0.2, 0) is 9.47 Å². The van der Waals surface area contributed by atoms with Crippen molar-refractivity contribution in [3.63, 3.8) is 0 Å². The zero-order valence-electron chi connectivity index (χ0n) is 9.97. The molecule has 6 heteroatoms. The molecule has 2 N–H and O–H groups in total. The molecule has 1 rings (SSSR count). The number of hydrogen-bond donors (Lipinski definition) is 2. The van der Waals surface area contributed by atoms with Gasteiger partial charge in [-0.05, 0) is 37.5 Å². The minimum absolute atomic E-state index is 0.460. The normalized spacial score (nSPS) is 23.9. The summed E-state index contributed by atoms with van der Waals surface area (Å²) in [6.45, 7) is 0.0922. The molecule has 1 aliphatic heterocycles. The van der Waals surface area contributed by atoms with Crippen LogP contribution in [-0.4, -0.2) is 41.9 Å². The van der Waals surface area contributed by atoms with E-state index in [9.17, 15) is 13.9 Å². The molecule has 0 aliphatic carbocycles. The van der Waals surface area contributed by atoms with Crippen molar-refractivity contribution in [1.82, 2.24) is 0 Å². The second-order valence-electron chi connectivity index (χ2n) is 3.94. The van der Waals surface area contributed by atoms with Crippen LogP contribution < -0.4 is 0 Å². The van der Waals surface area contributed by atoms with Gasteiger partial charge in [0.1, 0.15) is 0 Å². The maximum absolute atomic E-state index is 13.1. The Balaban J connectivity index is 2.37. The fourth-order valence-corrected chi connectivity index (χ4v) is 1.50. The topological polar surface area (TPSA) is 58.9 Å². The van der Waals surface area contributed by atoms with Gasteiger partial charge in [0.25, 0.3) is 5.92 Å². The number of halogens is 2. The molecule has 0 saturated carbocycles. The van der Waals surface area contributed by atoms with Gasteiger partial charge in [-0.1, -0.05) is 6.08 Å². The smallest absolute Gasteiger partial charge is 0.285 e. The van der Waals surface area contributed by atoms with Crippen LogP contribution in [0, 0.1) is 0 Å². The molecule has 104 valence electrons. The van der Waals surface area contributed by atoms with E-state index in [1.54, 1.807) is 0 Å². The molecule has 0 radical (unpaired) electrons. The molecular formula is C12H18F2O4. The van der Waals surface area contributed by atoms with E-state index >= 15 is 0 Å². The summed E-state index contributed by atoms with van der Waals surface area (Å²) in [7, 11) is 0. The van der Waals surface area contributed by atoms with E-state index in [0.29, 0.717) is 25.2 Å². The van der Waals surface area contributed by atoms with Gasteiger partial charge < -0.3 is 19.7 Å². The second-order valence-corrected chi connectivity index (χ2v) is 3.94. The van der Waals surface area contributed by atoms with E-state index < -0.39 is 25.1 Å². The first-order valence-electron chi connectivity index (χ1n) is 5.84. The summed E-state index contributed by atoms with van der Waals surface area (Å²) in [4.78, 5) is 0. The number of rotatable bonds is 6. The molecule has 1 heterocycles. The van der Waals surface area contributed by atoms with Gasteiger partial charge >= 0.3 is 0 Å². The second kappa shape index (κ2) is 7.58. The minimum Gasteiger partial charge on any atom is -0.392 e. The molecule has 1 aliphatic rings. The van der Waals surface area contributed by atoms with Crippen molar-refractivity contribution in [3.05, 3.63) is 24.3 Å². The highest BCUT2D eigenvalue weighted by Gasteiger charge is 2.22. The van der Waals surface area contributed by atoms with Gasteiger partial charge in [-0.25, -0.2) is 0 Å². The highest BCUT2D eigenvalue weighted by atomic mass is 19.3. The summed E-state index contributed by atoms with van der Waals surface area (Å²) in [5.41, 5.74) is 0. The third kappa shape index (κ3) is 6.20. The number of aliphatic hydroxyl groups excluding tert-OH is 2. The van der Waals surface area contributed by atoms with Crippen molar-refractivity contribution in [2.45, 2.75) is 37.8 Å². The van der Waals surface area contributed by atoms with Gasteiger partial charge in [-0.2, -0.15) is 8.78 Å². The van der Waals surface area contributed by atoms with E-state index in [4.69, 9.17) is 14.6 Å². The highest BCUT2D eigenvalue weighted by molar-refractivity contribution is 5.08. The molecule has 4 nitrogen and oxygen atoms in total. The van der Waals surface area contributed by atoms with Gasteiger partial charge in [0.2, 0.25) is 0 Å². The number of hydrogen-bond acceptors (Lipinski definition) is 4. The number of allylic oxidation sites excluding steroid dienone is 2. The largest absolute Gasteiger partial charge is 0.392 e. The minimum atomic E-state index is -3.22. The van der Waals surface area contributed by atoms with Crippen molar-refractivity contribution in [1.29, 1.82) is 0 Å². The summed E-state index contributed by atoms with van der Waals surface area (Å²) in [5, 5.41) is 17.8. The van der Waals surface area contributed by atoms with Crippen molar-refractivity contribution >= 4 is 0 Å². The fraction of sp³-hybridized carbons (Fsp3) is 0.667. The maximum Gasteiger partial charge on any atom is 0.285 e. The van der Waals surface area contributed by atoms with Crippen molar-refractivity contribution < 1.29 is 28.5 Å². The average Bonchev–Trinajstić information content (AvgIpc) is 2.36. The third-order valence-electron chi connectivity index (χ3n) is 2.36. The van der Waals surface area contributed by atoms with Crippen LogP contribution in [0.15, 0.2) is 24.3 Å². The Morgan fingerprint density at radius 1 is 1.39 bits per heavy atom. The Labute approximate surface area is 105 Å². The molecule has 0 aromatic carbocycles. The predicted octanol–water partition coefficient (Wildman–Crippen LogP) is 1.59. The van der Waals surface area contributed by atoms with Gasteiger partial charge in [-0.3, -0.25) is 0 Å². The first-order chi connectivity index (χ1) is 8.53. The SMILES string of the molecule is OC/C=C/C(F)(F)/C=C/C(O)OC1CCCCO1. The summed E-state index contributed by atoms with van der Waals surface area (Å²) in [5.74, 6) is -3.22. The van der Waals surface area contributed by atoms with Crippen LogP contribution in [0.25, 0.3) is 0 Å². The molecular weight excluding hydrogens is 246 g/mol. The van der Waals surface area contributed by atoms with Gasteiger partial charge in [0, 0.05) is 6.61 Å². The molecule has 1 fully saturated rings. The van der Waals surface area contributed by atoms with Crippen LogP contribution in [0.3, 0.4) is 0 Å². The fourth-order valence-electron chi connectivity index (χ4n) is 1.50. The molecule has 0 aromatic rings. The van der Waals surface area contributed by atoms with Crippen LogP contribution >= 0.6 is 0 Å².